The second-order valence-corrected chi connectivity index (χ2v) is 7.16. The van der Waals surface area contributed by atoms with Crippen molar-refractivity contribution in [1.82, 2.24) is 4.98 Å². The van der Waals surface area contributed by atoms with Gasteiger partial charge in [-0.05, 0) is 30.5 Å². The lowest BCUT2D eigenvalue weighted by Gasteiger charge is -2.36. The van der Waals surface area contributed by atoms with Crippen LogP contribution in [0.1, 0.15) is 48.4 Å². The fourth-order valence-corrected chi connectivity index (χ4v) is 4.54. The fraction of sp³-hybridized carbons (Fsp3) is 0.412. The number of thiazole rings is 1. The third-order valence-corrected chi connectivity index (χ3v) is 5.74. The Balaban J connectivity index is 2.00. The number of rotatable bonds is 4. The van der Waals surface area contributed by atoms with Crippen LogP contribution in [0.4, 0.5) is 0 Å². The summed E-state index contributed by atoms with van der Waals surface area (Å²) in [5, 5.41) is 12.6. The molecular formula is C17H18ClNO2S. The minimum Gasteiger partial charge on any atom is -0.481 e. The topological polar surface area (TPSA) is 50.2 Å². The number of nitrogens with zero attached hydrogens (tertiary/aromatic N) is 1. The van der Waals surface area contributed by atoms with Crippen LogP contribution in [0.15, 0.2) is 29.6 Å². The number of hydrogen-bond acceptors (Lipinski definition) is 3. The van der Waals surface area contributed by atoms with Gasteiger partial charge in [-0.25, -0.2) is 4.98 Å². The first-order valence-corrected chi connectivity index (χ1v) is 8.79. The van der Waals surface area contributed by atoms with Crippen LogP contribution in [0, 0.1) is 0 Å². The van der Waals surface area contributed by atoms with Gasteiger partial charge in [0.2, 0.25) is 0 Å². The summed E-state index contributed by atoms with van der Waals surface area (Å²) < 4.78 is 0. The van der Waals surface area contributed by atoms with E-state index in [0.29, 0.717) is 5.69 Å². The number of aromatic nitrogens is 1. The molecule has 1 saturated carbocycles. The molecule has 1 aliphatic carbocycles. The molecule has 1 heterocycles. The first-order valence-electron chi connectivity index (χ1n) is 7.53. The Labute approximate surface area is 139 Å². The second kappa shape index (κ2) is 6.39. The van der Waals surface area contributed by atoms with E-state index in [1.54, 1.807) is 11.3 Å². The van der Waals surface area contributed by atoms with E-state index in [0.717, 1.165) is 22.9 Å². The molecule has 22 heavy (non-hydrogen) atoms. The van der Waals surface area contributed by atoms with Crippen LogP contribution in [-0.2, 0) is 16.6 Å². The molecule has 0 bridgehead atoms. The van der Waals surface area contributed by atoms with Gasteiger partial charge in [0.15, 0.2) is 0 Å². The van der Waals surface area contributed by atoms with Crippen LogP contribution < -0.4 is 0 Å². The van der Waals surface area contributed by atoms with E-state index < -0.39 is 5.97 Å². The van der Waals surface area contributed by atoms with Crippen molar-refractivity contribution in [3.05, 3.63) is 50.9 Å². The highest BCUT2D eigenvalue weighted by atomic mass is 35.5. The number of carbonyl (C=O) groups is 1. The largest absolute Gasteiger partial charge is 0.481 e. The van der Waals surface area contributed by atoms with Gasteiger partial charge < -0.3 is 5.11 Å². The van der Waals surface area contributed by atoms with Gasteiger partial charge in [-0.2, -0.15) is 0 Å². The molecule has 0 radical (unpaired) electrons. The minimum atomic E-state index is -0.832. The van der Waals surface area contributed by atoms with Crippen molar-refractivity contribution in [2.75, 3.05) is 0 Å². The van der Waals surface area contributed by atoms with E-state index in [-0.39, 0.29) is 11.8 Å². The fourth-order valence-electron chi connectivity index (χ4n) is 3.31. The molecule has 1 fully saturated rings. The average Bonchev–Trinajstić information content (AvgIpc) is 2.97. The van der Waals surface area contributed by atoms with E-state index in [1.807, 2.05) is 17.5 Å². The highest BCUT2D eigenvalue weighted by molar-refractivity contribution is 7.09. The normalized spacial score (nSPS) is 17.3. The predicted molar refractivity (Wildman–Crippen MR) is 88.8 cm³/mol. The van der Waals surface area contributed by atoms with Gasteiger partial charge >= 0.3 is 5.97 Å². The zero-order valence-electron chi connectivity index (χ0n) is 12.2. The maximum Gasteiger partial charge on any atom is 0.309 e. The summed E-state index contributed by atoms with van der Waals surface area (Å²) in [5.41, 5.74) is 1.82. The lowest BCUT2D eigenvalue weighted by Crippen LogP contribution is -2.30. The second-order valence-electron chi connectivity index (χ2n) is 5.86. The van der Waals surface area contributed by atoms with E-state index >= 15 is 0 Å². The molecular weight excluding hydrogens is 318 g/mol. The molecule has 0 unspecified atom stereocenters. The Morgan fingerprint density at radius 1 is 1.23 bits per heavy atom. The van der Waals surface area contributed by atoms with Crippen molar-refractivity contribution in [2.24, 2.45) is 0 Å². The van der Waals surface area contributed by atoms with Crippen LogP contribution in [0.25, 0.3) is 0 Å². The maximum atomic E-state index is 10.9. The van der Waals surface area contributed by atoms with Crippen LogP contribution in [0.5, 0.6) is 0 Å². The molecule has 2 aromatic rings. The van der Waals surface area contributed by atoms with Crippen molar-refractivity contribution in [1.29, 1.82) is 0 Å². The Kier molecular flexibility index (Phi) is 4.50. The van der Waals surface area contributed by atoms with E-state index in [9.17, 15) is 4.79 Å². The molecule has 0 spiro atoms. The molecule has 1 aromatic carbocycles. The molecule has 3 nitrogen and oxygen atoms in total. The zero-order valence-corrected chi connectivity index (χ0v) is 13.8. The molecule has 116 valence electrons. The lowest BCUT2D eigenvalue weighted by atomic mass is 9.70. The number of benzene rings is 1. The molecule has 0 amide bonds. The Morgan fingerprint density at radius 3 is 2.55 bits per heavy atom. The Hall–Kier alpha value is -1.39. The first kappa shape index (κ1) is 15.5. The number of carboxylic acid groups (broad SMARTS) is 1. The van der Waals surface area contributed by atoms with Crippen molar-refractivity contribution in [2.45, 2.75) is 43.9 Å². The van der Waals surface area contributed by atoms with Crippen LogP contribution >= 0.6 is 22.9 Å². The standard InChI is InChI=1S/C17H18ClNO2S/c18-13-6-4-12(5-7-13)17(8-2-1-3-9-17)16-19-14(11-22-16)10-15(20)21/h4-7,11H,1-3,8-10H2,(H,20,21). The average molecular weight is 336 g/mol. The van der Waals surface area contributed by atoms with Gasteiger partial charge in [0.25, 0.3) is 0 Å². The Bertz CT molecular complexity index is 660. The van der Waals surface area contributed by atoms with Gasteiger partial charge in [-0.15, -0.1) is 11.3 Å². The third kappa shape index (κ3) is 3.03. The zero-order chi connectivity index (χ0) is 15.6. The quantitative estimate of drug-likeness (QED) is 0.883. The number of aliphatic carboxylic acids is 1. The van der Waals surface area contributed by atoms with E-state index in [4.69, 9.17) is 16.7 Å². The smallest absolute Gasteiger partial charge is 0.309 e. The van der Waals surface area contributed by atoms with Crippen molar-refractivity contribution >= 4 is 28.9 Å². The molecule has 1 N–H and O–H groups in total. The highest BCUT2D eigenvalue weighted by Gasteiger charge is 2.38. The van der Waals surface area contributed by atoms with Gasteiger partial charge in [0.1, 0.15) is 5.01 Å². The molecule has 1 aliphatic rings. The number of hydrogen-bond donors (Lipinski definition) is 1. The first-order chi connectivity index (χ1) is 10.6. The van der Waals surface area contributed by atoms with Gasteiger partial charge in [0, 0.05) is 15.8 Å². The molecule has 1 aromatic heterocycles. The summed E-state index contributed by atoms with van der Waals surface area (Å²) in [6.45, 7) is 0. The summed E-state index contributed by atoms with van der Waals surface area (Å²) >= 11 is 7.61. The SMILES string of the molecule is O=C(O)Cc1csc(C2(c3ccc(Cl)cc3)CCCCC2)n1. The van der Waals surface area contributed by atoms with E-state index in [1.165, 1.54) is 24.8 Å². The predicted octanol–water partition coefficient (Wildman–Crippen LogP) is 4.67. The van der Waals surface area contributed by atoms with Gasteiger partial charge in [-0.1, -0.05) is 43.0 Å². The van der Waals surface area contributed by atoms with Crippen molar-refractivity contribution in [3.8, 4) is 0 Å². The van der Waals surface area contributed by atoms with Crippen LogP contribution in [0.2, 0.25) is 5.02 Å². The lowest BCUT2D eigenvalue weighted by molar-refractivity contribution is -0.136. The molecule has 0 aliphatic heterocycles. The molecule has 3 rings (SSSR count). The number of carboxylic acids is 1. The molecule has 5 heteroatoms. The van der Waals surface area contributed by atoms with Crippen LogP contribution in [-0.4, -0.2) is 16.1 Å². The van der Waals surface area contributed by atoms with Crippen LogP contribution in [0.3, 0.4) is 0 Å². The van der Waals surface area contributed by atoms with Crippen molar-refractivity contribution < 1.29 is 9.90 Å². The summed E-state index contributed by atoms with van der Waals surface area (Å²) in [6.07, 6.45) is 5.73. The third-order valence-electron chi connectivity index (χ3n) is 4.40. The van der Waals surface area contributed by atoms with Gasteiger partial charge in [0.05, 0.1) is 12.1 Å². The molecule has 0 atom stereocenters. The summed E-state index contributed by atoms with van der Waals surface area (Å²) in [6, 6.07) is 8.04. The Morgan fingerprint density at radius 2 is 1.91 bits per heavy atom. The van der Waals surface area contributed by atoms with E-state index in [2.05, 4.69) is 17.1 Å². The molecule has 0 saturated heterocycles. The van der Waals surface area contributed by atoms with Gasteiger partial charge in [-0.3, -0.25) is 4.79 Å². The van der Waals surface area contributed by atoms with Crippen molar-refractivity contribution in [3.63, 3.8) is 0 Å². The summed E-state index contributed by atoms with van der Waals surface area (Å²) in [4.78, 5) is 15.5. The monoisotopic (exact) mass is 335 g/mol. The minimum absolute atomic E-state index is 0.00675. The highest BCUT2D eigenvalue weighted by Crippen LogP contribution is 2.46. The summed E-state index contributed by atoms with van der Waals surface area (Å²) in [7, 11) is 0. The maximum absolute atomic E-state index is 10.9. The summed E-state index contributed by atoms with van der Waals surface area (Å²) in [5.74, 6) is -0.832. The number of halogens is 1.